The first-order chi connectivity index (χ1) is 12.4. The molecule has 2 atom stereocenters. The van der Waals surface area contributed by atoms with Crippen LogP contribution in [0, 0.1) is 6.92 Å². The van der Waals surface area contributed by atoms with Crippen LogP contribution in [0.5, 0.6) is 5.75 Å². The summed E-state index contributed by atoms with van der Waals surface area (Å²) in [5, 5.41) is 13.2. The number of hydrogen-bond donors (Lipinski definition) is 2. The van der Waals surface area contributed by atoms with Crippen LogP contribution in [0.1, 0.15) is 70.0 Å². The number of aryl methyl sites for hydroxylation is 1. The summed E-state index contributed by atoms with van der Waals surface area (Å²) >= 11 is 0. The zero-order valence-corrected chi connectivity index (χ0v) is 17.8. The minimum Gasteiger partial charge on any atom is -0.507 e. The molecular formula is C21H38N2O3. The maximum absolute atomic E-state index is 12.1. The normalized spacial score (nSPS) is 19.5. The van der Waals surface area contributed by atoms with Crippen LogP contribution in [0.25, 0.3) is 0 Å². The Morgan fingerprint density at radius 1 is 1.19 bits per heavy atom. The van der Waals surface area contributed by atoms with Crippen LogP contribution in [0.2, 0.25) is 0 Å². The molecule has 0 spiro atoms. The molecule has 1 amide bonds. The van der Waals surface area contributed by atoms with E-state index in [2.05, 4.69) is 24.1 Å². The molecule has 1 aliphatic rings. The highest BCUT2D eigenvalue weighted by Crippen LogP contribution is 2.27. The zero-order valence-electron chi connectivity index (χ0n) is 17.8. The van der Waals surface area contributed by atoms with Crippen molar-refractivity contribution in [3.63, 3.8) is 0 Å². The SMILES string of the molecule is CC.CC.CCNC(=O)c1cc(C)cc(CN2CC(C)OC(C)C2)c1O. The van der Waals surface area contributed by atoms with Gasteiger partial charge in [0.25, 0.3) is 5.91 Å². The van der Waals surface area contributed by atoms with E-state index in [1.54, 1.807) is 6.07 Å². The fraction of sp³-hybridized carbons (Fsp3) is 0.667. The van der Waals surface area contributed by atoms with Gasteiger partial charge < -0.3 is 15.2 Å². The molecule has 0 bridgehead atoms. The second-order valence-electron chi connectivity index (χ2n) is 6.13. The number of phenolic OH excluding ortho intramolecular Hbond substituents is 1. The zero-order chi connectivity index (χ0) is 20.3. The number of benzene rings is 1. The lowest BCUT2D eigenvalue weighted by Crippen LogP contribution is -2.44. The molecule has 1 aliphatic heterocycles. The summed E-state index contributed by atoms with van der Waals surface area (Å²) in [7, 11) is 0. The first-order valence-electron chi connectivity index (χ1n) is 9.89. The summed E-state index contributed by atoms with van der Waals surface area (Å²) in [5.41, 5.74) is 2.12. The number of phenols is 1. The Morgan fingerprint density at radius 2 is 1.73 bits per heavy atom. The standard InChI is InChI=1S/C17H26N2O3.2C2H6/c1-5-18-17(21)15-7-11(2)6-14(16(15)20)10-19-8-12(3)22-13(4)9-19;2*1-2/h6-7,12-13,20H,5,8-10H2,1-4H3,(H,18,21);2*1-2H3. The first kappa shape index (κ1) is 24.4. The molecule has 1 aromatic rings. The molecule has 0 aliphatic carbocycles. The van der Waals surface area contributed by atoms with E-state index >= 15 is 0 Å². The van der Waals surface area contributed by atoms with E-state index in [9.17, 15) is 9.90 Å². The summed E-state index contributed by atoms with van der Waals surface area (Å²) < 4.78 is 5.73. The van der Waals surface area contributed by atoms with Gasteiger partial charge in [0.15, 0.2) is 0 Å². The summed E-state index contributed by atoms with van der Waals surface area (Å²) in [6.07, 6.45) is 0.358. The lowest BCUT2D eigenvalue weighted by Gasteiger charge is -2.35. The Balaban J connectivity index is 0.00000146. The highest BCUT2D eigenvalue weighted by atomic mass is 16.5. The van der Waals surface area contributed by atoms with Crippen molar-refractivity contribution in [2.45, 2.75) is 74.1 Å². The van der Waals surface area contributed by atoms with Crippen molar-refractivity contribution in [2.24, 2.45) is 0 Å². The number of hydrogen-bond acceptors (Lipinski definition) is 4. The van der Waals surface area contributed by atoms with Crippen LogP contribution in [-0.2, 0) is 11.3 Å². The second kappa shape index (κ2) is 12.7. The first-order valence-corrected chi connectivity index (χ1v) is 9.89. The predicted octanol–water partition coefficient (Wildman–Crippen LogP) is 4.11. The average molecular weight is 367 g/mol. The van der Waals surface area contributed by atoms with Crippen LogP contribution in [-0.4, -0.2) is 47.8 Å². The molecule has 2 unspecified atom stereocenters. The quantitative estimate of drug-likeness (QED) is 0.842. The largest absolute Gasteiger partial charge is 0.507 e. The van der Waals surface area contributed by atoms with Gasteiger partial charge in [0.05, 0.1) is 17.8 Å². The Hall–Kier alpha value is -1.59. The Morgan fingerprint density at radius 3 is 2.23 bits per heavy atom. The van der Waals surface area contributed by atoms with Crippen molar-refractivity contribution in [1.29, 1.82) is 0 Å². The number of morpholine rings is 1. The number of nitrogens with zero attached hydrogens (tertiary/aromatic N) is 1. The molecule has 26 heavy (non-hydrogen) atoms. The molecule has 1 fully saturated rings. The van der Waals surface area contributed by atoms with Crippen molar-refractivity contribution in [3.8, 4) is 5.75 Å². The number of rotatable bonds is 4. The maximum atomic E-state index is 12.1. The fourth-order valence-corrected chi connectivity index (χ4v) is 3.06. The molecule has 5 heteroatoms. The van der Waals surface area contributed by atoms with Crippen molar-refractivity contribution in [1.82, 2.24) is 10.2 Å². The summed E-state index contributed by atoms with van der Waals surface area (Å²) in [6, 6.07) is 3.68. The van der Waals surface area contributed by atoms with E-state index < -0.39 is 0 Å². The van der Waals surface area contributed by atoms with E-state index in [1.807, 2.05) is 47.6 Å². The number of carbonyl (C=O) groups excluding carboxylic acids is 1. The minimum absolute atomic E-state index is 0.0864. The van der Waals surface area contributed by atoms with Crippen molar-refractivity contribution in [2.75, 3.05) is 19.6 Å². The van der Waals surface area contributed by atoms with E-state index in [4.69, 9.17) is 4.74 Å². The summed E-state index contributed by atoms with van der Waals surface area (Å²) in [5.74, 6) is -0.142. The Kier molecular flexibility index (Phi) is 11.9. The van der Waals surface area contributed by atoms with Gasteiger partial charge in [-0.05, 0) is 39.3 Å². The van der Waals surface area contributed by atoms with E-state index in [0.717, 1.165) is 24.2 Å². The molecule has 0 saturated carbocycles. The van der Waals surface area contributed by atoms with Crippen LogP contribution >= 0.6 is 0 Å². The number of aromatic hydroxyl groups is 1. The van der Waals surface area contributed by atoms with Gasteiger partial charge in [0, 0.05) is 31.7 Å². The van der Waals surface area contributed by atoms with Crippen LogP contribution in [0.3, 0.4) is 0 Å². The molecule has 2 N–H and O–H groups in total. The van der Waals surface area contributed by atoms with Crippen molar-refractivity contribution in [3.05, 3.63) is 28.8 Å². The number of amides is 1. The van der Waals surface area contributed by atoms with Gasteiger partial charge in [0.2, 0.25) is 0 Å². The second-order valence-corrected chi connectivity index (χ2v) is 6.13. The average Bonchev–Trinajstić information content (AvgIpc) is 2.60. The third-order valence-corrected chi connectivity index (χ3v) is 3.80. The van der Waals surface area contributed by atoms with Gasteiger partial charge in [-0.1, -0.05) is 33.8 Å². The Labute approximate surface area is 159 Å². The van der Waals surface area contributed by atoms with Crippen molar-refractivity contribution < 1.29 is 14.6 Å². The van der Waals surface area contributed by atoms with Crippen molar-refractivity contribution >= 4 is 5.91 Å². The molecule has 0 aromatic heterocycles. The van der Waals surface area contributed by atoms with E-state index in [1.165, 1.54) is 0 Å². The summed E-state index contributed by atoms with van der Waals surface area (Å²) in [4.78, 5) is 14.3. The van der Waals surface area contributed by atoms with Crippen LogP contribution in [0.15, 0.2) is 12.1 Å². The number of nitrogens with one attached hydrogen (secondary N) is 1. The summed E-state index contributed by atoms with van der Waals surface area (Å²) in [6.45, 7) is 18.7. The van der Waals surface area contributed by atoms with Gasteiger partial charge in [-0.25, -0.2) is 0 Å². The Bertz CT molecular complexity index is 536. The molecule has 5 nitrogen and oxygen atoms in total. The van der Waals surface area contributed by atoms with Crippen LogP contribution < -0.4 is 5.32 Å². The fourth-order valence-electron chi connectivity index (χ4n) is 3.06. The molecular weight excluding hydrogens is 328 g/mol. The predicted molar refractivity (Wildman–Crippen MR) is 109 cm³/mol. The highest BCUT2D eigenvalue weighted by Gasteiger charge is 2.24. The van der Waals surface area contributed by atoms with E-state index in [-0.39, 0.29) is 23.9 Å². The van der Waals surface area contributed by atoms with E-state index in [0.29, 0.717) is 18.7 Å². The van der Waals surface area contributed by atoms with Gasteiger partial charge in [-0.3, -0.25) is 9.69 Å². The molecule has 1 saturated heterocycles. The minimum atomic E-state index is -0.228. The maximum Gasteiger partial charge on any atom is 0.255 e. The van der Waals surface area contributed by atoms with Gasteiger partial charge >= 0.3 is 0 Å². The monoisotopic (exact) mass is 366 g/mol. The molecule has 150 valence electrons. The van der Waals surface area contributed by atoms with Crippen LogP contribution in [0.4, 0.5) is 0 Å². The lowest BCUT2D eigenvalue weighted by atomic mass is 10.0. The molecule has 1 aromatic carbocycles. The number of carbonyl (C=O) groups is 1. The molecule has 1 heterocycles. The lowest BCUT2D eigenvalue weighted by molar-refractivity contribution is -0.0706. The van der Waals surface area contributed by atoms with Gasteiger partial charge in [-0.15, -0.1) is 0 Å². The molecule has 0 radical (unpaired) electrons. The smallest absolute Gasteiger partial charge is 0.255 e. The van der Waals surface area contributed by atoms with Gasteiger partial charge in [0.1, 0.15) is 5.75 Å². The van der Waals surface area contributed by atoms with Gasteiger partial charge in [-0.2, -0.15) is 0 Å². The third-order valence-electron chi connectivity index (χ3n) is 3.80. The third kappa shape index (κ3) is 7.34. The molecule has 2 rings (SSSR count). The highest BCUT2D eigenvalue weighted by molar-refractivity contribution is 5.97. The topological polar surface area (TPSA) is 61.8 Å². The number of ether oxygens (including phenoxy) is 1.